The number of amides is 3. The number of carboxylic acid groups (broad SMARTS) is 1. The maximum atomic E-state index is 15.3. The molecule has 20 heteroatoms. The standard InChI is InChI=1S/C56H102N4O16/c1-14-19-20-21-22-23-27-60(12,13)28-32-76-53(69)41(6)33-43(50(65)58-55(10,11)37-54(7,8)9)35-44(36-45(52(67)68)34-42(15-2)49(57)64)51(66)59-56(38-70-29-24-46(61)73-16-3,39-71-30-25-47(62)74-17-4)40-72-31-26-48(63)75-18-5/h41-45H,14-40H2,1-13H3,(H4-,57,58,59,64,65,66,67,68)/p+1. The molecular formula is C56H103N4O16+. The van der Waals surface area contributed by atoms with Crippen molar-refractivity contribution in [1.29, 1.82) is 0 Å². The second-order valence-corrected chi connectivity index (χ2v) is 22.8. The average molecular weight is 1090 g/mol. The molecule has 0 aromatic carbocycles. The van der Waals surface area contributed by atoms with Crippen LogP contribution in [0.1, 0.15) is 172 Å². The molecule has 0 heterocycles. The summed E-state index contributed by atoms with van der Waals surface area (Å²) in [5.74, 6) is -10.6. The lowest BCUT2D eigenvalue weighted by Gasteiger charge is -2.37. The van der Waals surface area contributed by atoms with Crippen molar-refractivity contribution in [3.05, 3.63) is 0 Å². The topological polar surface area (TPSA) is 271 Å². The highest BCUT2D eigenvalue weighted by Gasteiger charge is 2.41. The molecule has 20 nitrogen and oxygen atoms in total. The zero-order valence-corrected chi connectivity index (χ0v) is 49.1. The molecule has 0 aliphatic heterocycles. The van der Waals surface area contributed by atoms with E-state index in [0.717, 1.165) is 19.4 Å². The number of aliphatic carboxylic acids is 1. The number of esters is 4. The molecule has 0 aliphatic rings. The first-order valence-electron chi connectivity index (χ1n) is 27.9. The van der Waals surface area contributed by atoms with E-state index in [1.165, 1.54) is 25.7 Å². The van der Waals surface area contributed by atoms with Crippen molar-refractivity contribution in [3.63, 3.8) is 0 Å². The van der Waals surface area contributed by atoms with E-state index < -0.39 is 88.2 Å². The summed E-state index contributed by atoms with van der Waals surface area (Å²) in [6, 6.07) is 0. The summed E-state index contributed by atoms with van der Waals surface area (Å²) in [7, 11) is 4.20. The van der Waals surface area contributed by atoms with Gasteiger partial charge in [0.15, 0.2) is 0 Å². The van der Waals surface area contributed by atoms with Gasteiger partial charge in [0, 0.05) is 23.3 Å². The van der Waals surface area contributed by atoms with E-state index in [9.17, 15) is 38.7 Å². The molecule has 0 spiro atoms. The second kappa shape index (κ2) is 38.2. The van der Waals surface area contributed by atoms with Crippen LogP contribution >= 0.6 is 0 Å². The molecule has 5 N–H and O–H groups in total. The van der Waals surface area contributed by atoms with E-state index in [4.69, 9.17) is 38.9 Å². The highest BCUT2D eigenvalue weighted by Crippen LogP contribution is 2.32. The predicted octanol–water partition coefficient (Wildman–Crippen LogP) is 6.70. The summed E-state index contributed by atoms with van der Waals surface area (Å²) in [4.78, 5) is 107. The summed E-state index contributed by atoms with van der Waals surface area (Å²) in [5.41, 5.74) is 3.12. The van der Waals surface area contributed by atoms with E-state index in [1.807, 2.05) is 34.6 Å². The molecular weight excluding hydrogens is 985 g/mol. The lowest BCUT2D eigenvalue weighted by atomic mass is 9.78. The number of carbonyl (C=O) groups excluding carboxylic acids is 7. The van der Waals surface area contributed by atoms with Gasteiger partial charge in [0.25, 0.3) is 0 Å². The third-order valence-electron chi connectivity index (χ3n) is 13.0. The van der Waals surface area contributed by atoms with Crippen LogP contribution in [0.25, 0.3) is 0 Å². The maximum absolute atomic E-state index is 15.3. The monoisotopic (exact) mass is 1090 g/mol. The first-order chi connectivity index (χ1) is 35.6. The van der Waals surface area contributed by atoms with Crippen molar-refractivity contribution < 1.29 is 81.1 Å². The fraction of sp³-hybridized carbons (Fsp3) is 0.857. The number of hydrogen-bond donors (Lipinski definition) is 4. The highest BCUT2D eigenvalue weighted by atomic mass is 16.6. The summed E-state index contributed by atoms with van der Waals surface area (Å²) in [6.07, 6.45) is 6.45. The van der Waals surface area contributed by atoms with Gasteiger partial charge in [-0.05, 0) is 91.4 Å². The second-order valence-electron chi connectivity index (χ2n) is 22.8. The zero-order valence-electron chi connectivity index (χ0n) is 49.1. The Labute approximate surface area is 455 Å². The van der Waals surface area contributed by atoms with Crippen LogP contribution < -0.4 is 16.4 Å². The van der Waals surface area contributed by atoms with Gasteiger partial charge < -0.3 is 59.1 Å². The lowest BCUT2D eigenvalue weighted by Crippen LogP contribution is -2.60. The van der Waals surface area contributed by atoms with Gasteiger partial charge in [-0.2, -0.15) is 0 Å². The van der Waals surface area contributed by atoms with Crippen molar-refractivity contribution in [2.45, 2.75) is 184 Å². The van der Waals surface area contributed by atoms with Crippen LogP contribution in [0, 0.1) is 35.0 Å². The number of nitrogens with two attached hydrogens (primary N) is 1. The van der Waals surface area contributed by atoms with Crippen LogP contribution in [0.15, 0.2) is 0 Å². The molecule has 0 aromatic rings. The summed E-state index contributed by atoms with van der Waals surface area (Å²) in [5, 5.41) is 16.9. The van der Waals surface area contributed by atoms with E-state index >= 15 is 4.79 Å². The molecule has 0 rings (SSSR count). The van der Waals surface area contributed by atoms with Gasteiger partial charge in [-0.1, -0.05) is 67.2 Å². The number of carboxylic acids is 1. The van der Waals surface area contributed by atoms with Gasteiger partial charge in [-0.3, -0.25) is 38.4 Å². The molecule has 3 amide bonds. The quantitative estimate of drug-likeness (QED) is 0.0214. The molecule has 76 heavy (non-hydrogen) atoms. The molecule has 5 unspecified atom stereocenters. The molecule has 0 aromatic heterocycles. The Morgan fingerprint density at radius 2 is 0.987 bits per heavy atom. The number of rotatable bonds is 45. The Balaban J connectivity index is 7.54. The normalized spacial score (nSPS) is 14.1. The van der Waals surface area contributed by atoms with Crippen molar-refractivity contribution in [3.8, 4) is 0 Å². The Morgan fingerprint density at radius 3 is 1.42 bits per heavy atom. The van der Waals surface area contributed by atoms with Crippen LogP contribution in [0.5, 0.6) is 0 Å². The predicted molar refractivity (Wildman–Crippen MR) is 288 cm³/mol. The van der Waals surface area contributed by atoms with E-state index in [1.54, 1.807) is 34.6 Å². The number of nitrogens with zero attached hydrogens (tertiary/aromatic N) is 1. The van der Waals surface area contributed by atoms with Crippen LogP contribution in [-0.2, 0) is 71.5 Å². The number of hydrogen-bond acceptors (Lipinski definition) is 15. The van der Waals surface area contributed by atoms with Crippen LogP contribution in [0.4, 0.5) is 0 Å². The van der Waals surface area contributed by atoms with Crippen LogP contribution in [-0.4, -0.2) is 161 Å². The summed E-state index contributed by atoms with van der Waals surface area (Å²) >= 11 is 0. The van der Waals surface area contributed by atoms with E-state index in [2.05, 4.69) is 31.7 Å². The first kappa shape index (κ1) is 71.6. The summed E-state index contributed by atoms with van der Waals surface area (Å²) < 4.78 is 39.7. The van der Waals surface area contributed by atoms with Gasteiger partial charge in [-0.25, -0.2) is 0 Å². The van der Waals surface area contributed by atoms with Crippen molar-refractivity contribution in [2.24, 2.45) is 40.7 Å². The fourth-order valence-electron chi connectivity index (χ4n) is 9.29. The molecule has 5 atom stereocenters. The number of ether oxygens (including phenoxy) is 7. The Bertz CT molecular complexity index is 1670. The zero-order chi connectivity index (χ0) is 58.0. The molecule has 0 aliphatic carbocycles. The number of likely N-dealkylation sites (N-methyl/N-ethyl adjacent to an activating group) is 1. The van der Waals surface area contributed by atoms with Gasteiger partial charge in [-0.15, -0.1) is 0 Å². The molecule has 0 bridgehead atoms. The van der Waals surface area contributed by atoms with Crippen molar-refractivity contribution in [2.75, 3.05) is 93.3 Å². The number of nitrogens with one attached hydrogen (secondary N) is 2. The van der Waals surface area contributed by atoms with Crippen molar-refractivity contribution >= 4 is 47.6 Å². The lowest BCUT2D eigenvalue weighted by molar-refractivity contribution is -0.890. The Hall–Kier alpha value is -4.40. The summed E-state index contributed by atoms with van der Waals surface area (Å²) in [6.45, 7) is 21.0. The van der Waals surface area contributed by atoms with Gasteiger partial charge >= 0.3 is 29.8 Å². The SMILES string of the molecule is CCCCCCCC[N+](C)(C)CCOC(=O)C(C)CC(CC(CC(CC(CC)C(N)=O)C(=O)O)C(=O)NC(COCCC(=O)OCC)(COCCC(=O)OCC)COCCC(=O)OCC)C(=O)NC(C)(C)CC(C)(C)C. The molecule has 0 saturated carbocycles. The fourth-order valence-corrected chi connectivity index (χ4v) is 9.29. The van der Waals surface area contributed by atoms with Crippen molar-refractivity contribution in [1.82, 2.24) is 10.6 Å². The van der Waals surface area contributed by atoms with E-state index in [-0.39, 0.29) is 123 Å². The minimum Gasteiger partial charge on any atom is -0.481 e. The van der Waals surface area contributed by atoms with Gasteiger partial charge in [0.2, 0.25) is 17.7 Å². The molecule has 0 saturated heterocycles. The Kier molecular flexibility index (Phi) is 36.0. The maximum Gasteiger partial charge on any atom is 0.308 e. The molecule has 0 fully saturated rings. The number of quaternary nitrogens is 1. The molecule has 442 valence electrons. The van der Waals surface area contributed by atoms with Crippen LogP contribution in [0.2, 0.25) is 0 Å². The number of unbranched alkanes of at least 4 members (excludes halogenated alkanes) is 5. The first-order valence-corrected chi connectivity index (χ1v) is 27.9. The number of carbonyl (C=O) groups is 8. The Morgan fingerprint density at radius 1 is 0.553 bits per heavy atom. The minimum absolute atomic E-state index is 0.0667. The highest BCUT2D eigenvalue weighted by molar-refractivity contribution is 5.84. The largest absolute Gasteiger partial charge is 0.481 e. The third-order valence-corrected chi connectivity index (χ3v) is 13.0. The smallest absolute Gasteiger partial charge is 0.308 e. The third kappa shape index (κ3) is 33.7. The van der Waals surface area contributed by atoms with Crippen LogP contribution in [0.3, 0.4) is 0 Å². The van der Waals surface area contributed by atoms with Gasteiger partial charge in [0.1, 0.15) is 18.7 Å². The van der Waals surface area contributed by atoms with E-state index in [0.29, 0.717) is 17.4 Å². The molecule has 0 radical (unpaired) electrons. The average Bonchev–Trinajstić information content (AvgIpc) is 3.31. The van der Waals surface area contributed by atoms with Gasteiger partial charge in [0.05, 0.1) is 111 Å². The minimum atomic E-state index is -1.63. The number of primary amides is 1.